The second kappa shape index (κ2) is 9.88. The molecule has 186 valence electrons. The molecule has 2 aliphatic rings. The quantitative estimate of drug-likeness (QED) is 0.509. The van der Waals surface area contributed by atoms with Crippen molar-refractivity contribution in [2.75, 3.05) is 52.4 Å². The fraction of sp³-hybridized carbons (Fsp3) is 0.417. The highest BCUT2D eigenvalue weighted by molar-refractivity contribution is 6.33. The van der Waals surface area contributed by atoms with Crippen LogP contribution in [0.5, 0.6) is 11.5 Å². The summed E-state index contributed by atoms with van der Waals surface area (Å²) in [5.41, 5.74) is 3.67. The summed E-state index contributed by atoms with van der Waals surface area (Å²) in [4.78, 5) is 24.8. The van der Waals surface area contributed by atoms with E-state index in [0.717, 1.165) is 60.8 Å². The van der Waals surface area contributed by atoms with Gasteiger partial charge in [0, 0.05) is 60.6 Å². The monoisotopic (exact) mass is 503 g/mol. The van der Waals surface area contributed by atoms with Crippen molar-refractivity contribution in [2.24, 2.45) is 0 Å². The Bertz CT molecular complexity index is 1230. The summed E-state index contributed by atoms with van der Waals surface area (Å²) in [5.74, 6) is -0.193. The van der Waals surface area contributed by atoms with E-state index >= 15 is 0 Å². The van der Waals surface area contributed by atoms with E-state index in [0.29, 0.717) is 12.3 Å². The molecule has 0 spiro atoms. The van der Waals surface area contributed by atoms with Gasteiger partial charge in [-0.3, -0.25) is 4.90 Å². The number of aromatic amines is 1. The lowest BCUT2D eigenvalue weighted by Gasteiger charge is -2.29. The number of anilines is 1. The van der Waals surface area contributed by atoms with E-state index in [1.165, 1.54) is 20.3 Å². The van der Waals surface area contributed by atoms with Crippen LogP contribution in [0.15, 0.2) is 18.3 Å². The van der Waals surface area contributed by atoms with Gasteiger partial charge in [-0.25, -0.2) is 14.2 Å². The number of aromatic nitrogens is 2. The number of amides is 2. The number of ether oxygens (including phenoxy) is 3. The first-order valence-electron chi connectivity index (χ1n) is 11.4. The van der Waals surface area contributed by atoms with Gasteiger partial charge in [0.25, 0.3) is 0 Å². The van der Waals surface area contributed by atoms with Crippen LogP contribution in [-0.4, -0.2) is 72.9 Å². The molecule has 35 heavy (non-hydrogen) atoms. The standard InChI is InChI=1S/C24H27ClFN5O4/c1-33-18-10-19(34-2)21(26)16(20(18)25)3-4-31-12-14-11-27-23-17(22(14)29-24(31)32)9-15(28-23)13-30-5-7-35-8-6-30/h9-11H,3-8,12-13H2,1-2H3,(H,27,28)(H,29,32). The number of carbonyl (C=O) groups is 1. The minimum atomic E-state index is -0.556. The summed E-state index contributed by atoms with van der Waals surface area (Å²) < 4.78 is 30.6. The average Bonchev–Trinajstić information content (AvgIpc) is 3.28. The number of H-pyrrole nitrogens is 1. The maximum atomic E-state index is 14.9. The third kappa shape index (κ3) is 4.61. The van der Waals surface area contributed by atoms with Crippen molar-refractivity contribution in [3.05, 3.63) is 46.0 Å². The molecule has 9 nitrogen and oxygen atoms in total. The molecule has 0 atom stereocenters. The fourth-order valence-corrected chi connectivity index (χ4v) is 4.88. The van der Waals surface area contributed by atoms with Crippen molar-refractivity contribution in [1.82, 2.24) is 19.8 Å². The lowest BCUT2D eigenvalue weighted by Crippen LogP contribution is -2.40. The van der Waals surface area contributed by atoms with Crippen molar-refractivity contribution in [1.29, 1.82) is 0 Å². The number of fused-ring (bicyclic) bond motifs is 3. The predicted octanol–water partition coefficient (Wildman–Crippen LogP) is 3.80. The van der Waals surface area contributed by atoms with Gasteiger partial charge in [-0.1, -0.05) is 11.6 Å². The van der Waals surface area contributed by atoms with Crippen molar-refractivity contribution >= 4 is 34.4 Å². The molecule has 11 heteroatoms. The number of morpholine rings is 1. The van der Waals surface area contributed by atoms with E-state index in [-0.39, 0.29) is 35.3 Å². The minimum Gasteiger partial charge on any atom is -0.495 e. The lowest BCUT2D eigenvalue weighted by molar-refractivity contribution is 0.0337. The van der Waals surface area contributed by atoms with Crippen LogP contribution in [0.25, 0.3) is 11.0 Å². The molecule has 0 bridgehead atoms. The zero-order valence-electron chi connectivity index (χ0n) is 19.6. The number of rotatable bonds is 7. The zero-order valence-corrected chi connectivity index (χ0v) is 20.4. The number of methoxy groups -OCH3 is 2. The molecule has 2 amide bonds. The van der Waals surface area contributed by atoms with Gasteiger partial charge in [0.15, 0.2) is 11.6 Å². The van der Waals surface area contributed by atoms with Gasteiger partial charge >= 0.3 is 6.03 Å². The Morgan fingerprint density at radius 3 is 2.71 bits per heavy atom. The second-order valence-electron chi connectivity index (χ2n) is 8.59. The molecular weight excluding hydrogens is 477 g/mol. The van der Waals surface area contributed by atoms with Crippen LogP contribution >= 0.6 is 11.6 Å². The van der Waals surface area contributed by atoms with E-state index in [4.69, 9.17) is 25.8 Å². The summed E-state index contributed by atoms with van der Waals surface area (Å²) in [7, 11) is 2.84. The van der Waals surface area contributed by atoms with Crippen LogP contribution in [0.4, 0.5) is 14.9 Å². The number of urea groups is 1. The Labute approximate surface area is 207 Å². The highest BCUT2D eigenvalue weighted by atomic mass is 35.5. The van der Waals surface area contributed by atoms with Crippen LogP contribution in [0.2, 0.25) is 5.02 Å². The first-order chi connectivity index (χ1) is 17.0. The van der Waals surface area contributed by atoms with Crippen LogP contribution in [0, 0.1) is 5.82 Å². The molecule has 3 aromatic rings. The predicted molar refractivity (Wildman–Crippen MR) is 130 cm³/mol. The van der Waals surface area contributed by atoms with Gasteiger partial charge < -0.3 is 29.4 Å². The number of pyridine rings is 1. The highest BCUT2D eigenvalue weighted by Gasteiger charge is 2.27. The first-order valence-corrected chi connectivity index (χ1v) is 11.8. The molecule has 0 radical (unpaired) electrons. The number of nitrogens with one attached hydrogen (secondary N) is 2. The van der Waals surface area contributed by atoms with E-state index in [1.807, 2.05) is 6.07 Å². The largest absolute Gasteiger partial charge is 0.495 e. The third-order valence-electron chi connectivity index (χ3n) is 6.47. The van der Waals surface area contributed by atoms with Crippen molar-refractivity contribution in [2.45, 2.75) is 19.5 Å². The van der Waals surface area contributed by atoms with Crippen molar-refractivity contribution < 1.29 is 23.4 Å². The molecule has 2 aliphatic heterocycles. The molecule has 2 aromatic heterocycles. The van der Waals surface area contributed by atoms with Gasteiger partial charge in [0.1, 0.15) is 11.4 Å². The van der Waals surface area contributed by atoms with Gasteiger partial charge in [-0.05, 0) is 12.5 Å². The highest BCUT2D eigenvalue weighted by Crippen LogP contribution is 2.37. The van der Waals surface area contributed by atoms with Crippen LogP contribution in [0.1, 0.15) is 16.8 Å². The Balaban J connectivity index is 1.34. The number of carbonyl (C=O) groups excluding carboxylic acids is 1. The van der Waals surface area contributed by atoms with Gasteiger partial charge in [-0.2, -0.15) is 0 Å². The summed E-state index contributed by atoms with van der Waals surface area (Å²) in [6.45, 7) is 4.62. The maximum Gasteiger partial charge on any atom is 0.322 e. The van der Waals surface area contributed by atoms with Gasteiger partial charge in [0.2, 0.25) is 0 Å². The number of hydrogen-bond acceptors (Lipinski definition) is 6. The smallest absolute Gasteiger partial charge is 0.322 e. The van der Waals surface area contributed by atoms with Crippen LogP contribution < -0.4 is 14.8 Å². The molecule has 1 saturated heterocycles. The maximum absolute atomic E-state index is 14.9. The van der Waals surface area contributed by atoms with Crippen LogP contribution in [0.3, 0.4) is 0 Å². The van der Waals surface area contributed by atoms with Gasteiger partial charge in [-0.15, -0.1) is 0 Å². The number of nitrogens with zero attached hydrogens (tertiary/aromatic N) is 3. The average molecular weight is 504 g/mol. The molecule has 1 fully saturated rings. The Morgan fingerprint density at radius 1 is 1.20 bits per heavy atom. The SMILES string of the molecule is COc1cc(OC)c(Cl)c(CCN2Cc3cnc4[nH]c(CN5CCOCC5)cc4c3NC2=O)c1F. The van der Waals surface area contributed by atoms with E-state index in [2.05, 4.69) is 20.2 Å². The molecular formula is C24H27ClFN5O4. The van der Waals surface area contributed by atoms with E-state index in [9.17, 15) is 9.18 Å². The number of halogens is 2. The Hall–Kier alpha value is -3.08. The summed E-state index contributed by atoms with van der Waals surface area (Å²) in [6, 6.07) is 3.20. The number of benzene rings is 1. The minimum absolute atomic E-state index is 0.0432. The summed E-state index contributed by atoms with van der Waals surface area (Å²) >= 11 is 6.35. The topological polar surface area (TPSA) is 92.0 Å². The molecule has 1 aromatic carbocycles. The first kappa shape index (κ1) is 23.7. The summed E-state index contributed by atoms with van der Waals surface area (Å²) in [5, 5.41) is 4.05. The lowest BCUT2D eigenvalue weighted by atomic mass is 10.1. The second-order valence-corrected chi connectivity index (χ2v) is 8.97. The van der Waals surface area contributed by atoms with Crippen LogP contribution in [-0.2, 0) is 24.2 Å². The Morgan fingerprint density at radius 2 is 1.97 bits per heavy atom. The van der Waals surface area contributed by atoms with E-state index in [1.54, 1.807) is 11.1 Å². The molecule has 2 N–H and O–H groups in total. The number of hydrogen-bond donors (Lipinski definition) is 2. The molecule has 5 rings (SSSR count). The molecule has 0 saturated carbocycles. The van der Waals surface area contributed by atoms with Gasteiger partial charge in [0.05, 0.1) is 44.7 Å². The molecule has 0 aliphatic carbocycles. The third-order valence-corrected chi connectivity index (χ3v) is 6.88. The van der Waals surface area contributed by atoms with Crippen molar-refractivity contribution in [3.63, 3.8) is 0 Å². The fourth-order valence-electron chi connectivity index (χ4n) is 4.57. The van der Waals surface area contributed by atoms with E-state index < -0.39 is 5.82 Å². The summed E-state index contributed by atoms with van der Waals surface area (Å²) in [6.07, 6.45) is 1.96. The normalized spacial score (nSPS) is 16.3. The van der Waals surface area contributed by atoms with Crippen molar-refractivity contribution in [3.8, 4) is 11.5 Å². The molecule has 4 heterocycles. The zero-order chi connectivity index (χ0) is 24.5. The Kier molecular flexibility index (Phi) is 6.68. The molecule has 0 unspecified atom stereocenters.